The summed E-state index contributed by atoms with van der Waals surface area (Å²) in [4.78, 5) is 0. The third-order valence-electron chi connectivity index (χ3n) is 2.12. The smallest absolute Gasteiger partial charge is 0.0227 e. The lowest BCUT2D eigenvalue weighted by atomic mass is 10.1. The molecule has 0 aromatic carbocycles. The van der Waals surface area contributed by atoms with E-state index in [1.165, 1.54) is 25.0 Å². The van der Waals surface area contributed by atoms with Crippen molar-refractivity contribution in [2.75, 3.05) is 5.75 Å². The lowest BCUT2D eigenvalue weighted by molar-refractivity contribution is 0.713. The van der Waals surface area contributed by atoms with Crippen LogP contribution in [0, 0.1) is 0 Å². The first-order valence-corrected chi connectivity index (χ1v) is 5.88. The molecule has 0 heterocycles. The van der Waals surface area contributed by atoms with Gasteiger partial charge in [-0.05, 0) is 38.4 Å². The first-order valence-electron chi connectivity index (χ1n) is 4.83. The maximum atomic E-state index is 5.68. The van der Waals surface area contributed by atoms with Gasteiger partial charge in [0.2, 0.25) is 0 Å². The van der Waals surface area contributed by atoms with Crippen LogP contribution in [0.25, 0.3) is 0 Å². The van der Waals surface area contributed by atoms with Crippen LogP contribution in [0.4, 0.5) is 0 Å². The number of hydrogen-bond donors (Lipinski definition) is 1. The zero-order chi connectivity index (χ0) is 8.81. The molecule has 0 saturated heterocycles. The summed E-state index contributed by atoms with van der Waals surface area (Å²) < 4.78 is 0. The molecule has 0 aromatic heterocycles. The van der Waals surface area contributed by atoms with E-state index in [4.69, 9.17) is 5.73 Å². The molecular weight excluding hydrogens is 166 g/mol. The Morgan fingerprint density at radius 2 is 2.50 bits per heavy atom. The molecule has 0 aromatic rings. The topological polar surface area (TPSA) is 26.0 Å². The van der Waals surface area contributed by atoms with Gasteiger partial charge in [-0.15, -0.1) is 0 Å². The maximum absolute atomic E-state index is 5.68. The maximum Gasteiger partial charge on any atom is 0.0227 e. The first kappa shape index (κ1) is 10.1. The van der Waals surface area contributed by atoms with Gasteiger partial charge in [-0.2, -0.15) is 11.8 Å². The Kier molecular flexibility index (Phi) is 4.77. The van der Waals surface area contributed by atoms with Crippen LogP contribution >= 0.6 is 11.8 Å². The number of thioether (sulfide) groups is 1. The van der Waals surface area contributed by atoms with Gasteiger partial charge in [0.05, 0.1) is 0 Å². The average Bonchev–Trinajstić information content (AvgIpc) is 2.05. The number of hydrogen-bond acceptors (Lipinski definition) is 2. The monoisotopic (exact) mass is 185 g/mol. The van der Waals surface area contributed by atoms with Gasteiger partial charge in [0.1, 0.15) is 0 Å². The largest absolute Gasteiger partial charge is 0.328 e. The minimum atomic E-state index is 0.366. The molecule has 0 spiro atoms. The Morgan fingerprint density at radius 3 is 3.08 bits per heavy atom. The molecule has 2 heteroatoms. The van der Waals surface area contributed by atoms with Crippen molar-refractivity contribution < 1.29 is 0 Å². The van der Waals surface area contributed by atoms with E-state index in [2.05, 4.69) is 30.8 Å². The van der Waals surface area contributed by atoms with Crippen LogP contribution in [0.2, 0.25) is 0 Å². The SMILES string of the molecule is CC(N)CCSC1C=CCCC1. The Hall–Kier alpha value is 0.0500. The van der Waals surface area contributed by atoms with Crippen LogP contribution in [-0.4, -0.2) is 17.0 Å². The summed E-state index contributed by atoms with van der Waals surface area (Å²) in [6.07, 6.45) is 9.83. The fourth-order valence-electron chi connectivity index (χ4n) is 1.33. The third-order valence-corrected chi connectivity index (χ3v) is 3.41. The Bertz CT molecular complexity index is 143. The third kappa shape index (κ3) is 4.17. The highest BCUT2D eigenvalue weighted by molar-refractivity contribution is 8.00. The van der Waals surface area contributed by atoms with E-state index in [1.807, 2.05) is 0 Å². The van der Waals surface area contributed by atoms with Gasteiger partial charge in [-0.1, -0.05) is 12.2 Å². The van der Waals surface area contributed by atoms with Crippen molar-refractivity contribution in [3.63, 3.8) is 0 Å². The minimum absolute atomic E-state index is 0.366. The van der Waals surface area contributed by atoms with Gasteiger partial charge in [0, 0.05) is 11.3 Å². The van der Waals surface area contributed by atoms with Crippen molar-refractivity contribution >= 4 is 11.8 Å². The van der Waals surface area contributed by atoms with Crippen LogP contribution < -0.4 is 5.73 Å². The Balaban J connectivity index is 2.06. The molecule has 70 valence electrons. The van der Waals surface area contributed by atoms with Crippen LogP contribution in [0.15, 0.2) is 12.2 Å². The van der Waals surface area contributed by atoms with Gasteiger partial charge in [-0.25, -0.2) is 0 Å². The van der Waals surface area contributed by atoms with Gasteiger partial charge in [0.15, 0.2) is 0 Å². The van der Waals surface area contributed by atoms with Crippen LogP contribution in [0.5, 0.6) is 0 Å². The summed E-state index contributed by atoms with van der Waals surface area (Å²) in [6, 6.07) is 0.366. The molecule has 0 radical (unpaired) electrons. The summed E-state index contributed by atoms with van der Waals surface area (Å²) >= 11 is 2.06. The van der Waals surface area contributed by atoms with Crippen LogP contribution in [0.3, 0.4) is 0 Å². The molecule has 0 amide bonds. The molecule has 0 aliphatic heterocycles. The lowest BCUT2D eigenvalue weighted by Gasteiger charge is -2.15. The fraction of sp³-hybridized carbons (Fsp3) is 0.800. The quantitative estimate of drug-likeness (QED) is 0.681. The second-order valence-electron chi connectivity index (χ2n) is 3.53. The zero-order valence-corrected chi connectivity index (χ0v) is 8.65. The van der Waals surface area contributed by atoms with E-state index in [0.717, 1.165) is 11.7 Å². The molecule has 0 bridgehead atoms. The molecule has 2 N–H and O–H groups in total. The number of rotatable bonds is 4. The second-order valence-corrected chi connectivity index (χ2v) is 4.88. The zero-order valence-electron chi connectivity index (χ0n) is 7.83. The predicted molar refractivity (Wildman–Crippen MR) is 57.5 cm³/mol. The molecule has 1 nitrogen and oxygen atoms in total. The summed E-state index contributed by atoms with van der Waals surface area (Å²) in [7, 11) is 0. The van der Waals surface area contributed by atoms with Crippen molar-refractivity contribution in [3.05, 3.63) is 12.2 Å². The van der Waals surface area contributed by atoms with E-state index >= 15 is 0 Å². The summed E-state index contributed by atoms with van der Waals surface area (Å²) in [5.74, 6) is 1.21. The highest BCUT2D eigenvalue weighted by atomic mass is 32.2. The molecule has 1 aliphatic rings. The molecule has 12 heavy (non-hydrogen) atoms. The van der Waals surface area contributed by atoms with Crippen molar-refractivity contribution in [2.45, 2.75) is 43.9 Å². The highest BCUT2D eigenvalue weighted by Crippen LogP contribution is 2.23. The van der Waals surface area contributed by atoms with Gasteiger partial charge in [0.25, 0.3) is 0 Å². The standard InChI is InChI=1S/C10H19NS/c1-9(11)7-8-12-10-5-3-2-4-6-10/h3,5,9-10H,2,4,6-8,11H2,1H3. The van der Waals surface area contributed by atoms with E-state index in [1.54, 1.807) is 0 Å². The molecule has 2 atom stereocenters. The molecule has 2 unspecified atom stereocenters. The van der Waals surface area contributed by atoms with Gasteiger partial charge >= 0.3 is 0 Å². The molecule has 0 fully saturated rings. The summed E-state index contributed by atoms with van der Waals surface area (Å²) in [6.45, 7) is 2.08. The van der Waals surface area contributed by atoms with Crippen molar-refractivity contribution in [2.24, 2.45) is 5.73 Å². The Labute approximate surface area is 79.8 Å². The van der Waals surface area contributed by atoms with Gasteiger partial charge in [-0.3, -0.25) is 0 Å². The lowest BCUT2D eigenvalue weighted by Crippen LogP contribution is -2.16. The molecule has 1 rings (SSSR count). The second kappa shape index (κ2) is 5.65. The van der Waals surface area contributed by atoms with Crippen molar-refractivity contribution in [1.82, 2.24) is 0 Å². The molecule has 0 saturated carbocycles. The molecular formula is C10H19NS. The first-order chi connectivity index (χ1) is 5.79. The van der Waals surface area contributed by atoms with E-state index in [-0.39, 0.29) is 0 Å². The van der Waals surface area contributed by atoms with Crippen LogP contribution in [0.1, 0.15) is 32.6 Å². The Morgan fingerprint density at radius 1 is 1.67 bits per heavy atom. The minimum Gasteiger partial charge on any atom is -0.328 e. The van der Waals surface area contributed by atoms with Crippen molar-refractivity contribution in [3.8, 4) is 0 Å². The van der Waals surface area contributed by atoms with E-state index in [0.29, 0.717) is 6.04 Å². The normalized spacial score (nSPS) is 25.7. The summed E-state index contributed by atoms with van der Waals surface area (Å²) in [5, 5.41) is 0.775. The highest BCUT2D eigenvalue weighted by Gasteiger charge is 2.08. The summed E-state index contributed by atoms with van der Waals surface area (Å²) in [5.41, 5.74) is 5.68. The van der Waals surface area contributed by atoms with Crippen LogP contribution in [-0.2, 0) is 0 Å². The number of nitrogens with two attached hydrogens (primary N) is 1. The van der Waals surface area contributed by atoms with Crippen molar-refractivity contribution in [1.29, 1.82) is 0 Å². The average molecular weight is 185 g/mol. The van der Waals surface area contributed by atoms with E-state index in [9.17, 15) is 0 Å². The van der Waals surface area contributed by atoms with E-state index < -0.39 is 0 Å². The predicted octanol–water partition coefficient (Wildman–Crippen LogP) is 2.57. The van der Waals surface area contributed by atoms with Gasteiger partial charge < -0.3 is 5.73 Å². The number of allylic oxidation sites excluding steroid dienone is 1. The fourth-order valence-corrected chi connectivity index (χ4v) is 2.69. The molecule has 1 aliphatic carbocycles.